The largest absolute Gasteiger partial charge is 0.433 e. The number of imidazole rings is 2. The van der Waals surface area contributed by atoms with E-state index >= 15 is 0 Å². The Bertz CT molecular complexity index is 1010. The van der Waals surface area contributed by atoms with Gasteiger partial charge in [0.2, 0.25) is 12.7 Å². The maximum absolute atomic E-state index is 10.8. The first kappa shape index (κ1) is 35.9. The van der Waals surface area contributed by atoms with Crippen LogP contribution in [0.1, 0.15) is 25.2 Å². The summed E-state index contributed by atoms with van der Waals surface area (Å²) in [5, 5.41) is 0. The topological polar surface area (TPSA) is 155 Å². The van der Waals surface area contributed by atoms with E-state index in [2.05, 4.69) is 85.1 Å². The fourth-order valence-corrected chi connectivity index (χ4v) is 2.49. The standard InChI is InChI=1S/2C7H13N2.2CHF3NO3S/c2*1-4-9-5-7(2)8(3)6-9;2*2-1(3,4)5-9(6,7)8/h2*5-6H,4H2,1-3H3;2*(H,6,7,8)/q2*+1;2*-1. The Kier molecular flexibility index (Phi) is 14.4. The molecule has 0 aliphatic carbocycles. The van der Waals surface area contributed by atoms with Crippen LogP contribution in [0.3, 0.4) is 0 Å². The summed E-state index contributed by atoms with van der Waals surface area (Å²) < 4.78 is 128. The number of hydrogen-bond donors (Lipinski definition) is 2. The van der Waals surface area contributed by atoms with Crippen LogP contribution in [0.25, 0.3) is 9.44 Å². The van der Waals surface area contributed by atoms with Gasteiger partial charge in [0.1, 0.15) is 23.8 Å². The number of halogens is 6. The molecular formula is C16H28F6N6O6S2. The van der Waals surface area contributed by atoms with E-state index in [-0.39, 0.29) is 0 Å². The summed E-state index contributed by atoms with van der Waals surface area (Å²) in [5.74, 6) is 0. The van der Waals surface area contributed by atoms with E-state index in [1.54, 1.807) is 0 Å². The van der Waals surface area contributed by atoms with E-state index in [9.17, 15) is 43.2 Å². The fraction of sp³-hybridized carbons (Fsp3) is 0.625. The van der Waals surface area contributed by atoms with Crippen molar-refractivity contribution in [3.63, 3.8) is 0 Å². The van der Waals surface area contributed by atoms with Crippen LogP contribution in [0.5, 0.6) is 0 Å². The summed E-state index contributed by atoms with van der Waals surface area (Å²) in [7, 11) is -6.45. The average Bonchev–Trinajstić information content (AvgIpc) is 3.11. The highest BCUT2D eigenvalue weighted by atomic mass is 32.2. The van der Waals surface area contributed by atoms with Crippen LogP contribution < -0.4 is 9.13 Å². The highest BCUT2D eigenvalue weighted by molar-refractivity contribution is 7.88. The number of rotatable bonds is 4. The Hall–Kier alpha value is -2.26. The molecule has 2 rings (SSSR count). The third-order valence-electron chi connectivity index (χ3n) is 3.63. The summed E-state index contributed by atoms with van der Waals surface area (Å²) in [5.41, 5.74) is 2.61. The van der Waals surface area contributed by atoms with Crippen molar-refractivity contribution < 1.29 is 61.4 Å². The minimum absolute atomic E-state index is 1.06. The van der Waals surface area contributed by atoms with Gasteiger partial charge in [-0.1, -0.05) is 0 Å². The van der Waals surface area contributed by atoms with Crippen molar-refractivity contribution >= 4 is 20.6 Å². The number of hydrogen-bond acceptors (Lipinski definition) is 4. The maximum Gasteiger partial charge on any atom is 0.324 e. The molecule has 2 aromatic heterocycles. The molecule has 36 heavy (non-hydrogen) atoms. The predicted octanol–water partition coefficient (Wildman–Crippen LogP) is 2.65. The van der Waals surface area contributed by atoms with Gasteiger partial charge < -0.3 is 9.44 Å². The monoisotopic (exact) mass is 578 g/mol. The van der Waals surface area contributed by atoms with E-state index in [1.807, 2.05) is 0 Å². The molecule has 0 radical (unpaired) electrons. The van der Waals surface area contributed by atoms with Crippen LogP contribution in [0.15, 0.2) is 25.0 Å². The molecule has 12 nitrogen and oxygen atoms in total. The Morgan fingerprint density at radius 1 is 0.750 bits per heavy atom. The van der Waals surface area contributed by atoms with Crippen LogP contribution in [0, 0.1) is 13.8 Å². The van der Waals surface area contributed by atoms with Crippen LogP contribution in [-0.4, -0.2) is 47.7 Å². The zero-order valence-corrected chi connectivity index (χ0v) is 21.7. The van der Waals surface area contributed by atoms with Crippen molar-refractivity contribution in [3.05, 3.63) is 45.9 Å². The van der Waals surface area contributed by atoms with E-state index in [1.165, 1.54) is 11.4 Å². The molecule has 0 saturated carbocycles. The Morgan fingerprint density at radius 2 is 1.00 bits per heavy atom. The van der Waals surface area contributed by atoms with Gasteiger partial charge in [0.25, 0.3) is 0 Å². The van der Waals surface area contributed by atoms with Gasteiger partial charge in [-0.2, -0.15) is 26.3 Å². The SMILES string of the molecule is CC[n+]1cc(C)n(C)c1.CC[n+]1cc(C)n(C)c1.O=S(=O)(O)[N-]C(F)(F)F.O=S(=O)(O)[N-]C(F)(F)F. The molecule has 2 heterocycles. The second-order valence-corrected chi connectivity index (χ2v) is 8.82. The minimum Gasteiger partial charge on any atom is -0.433 e. The number of aromatic nitrogens is 4. The van der Waals surface area contributed by atoms with Gasteiger partial charge in [-0.3, -0.25) is 9.11 Å². The van der Waals surface area contributed by atoms with E-state index in [0.29, 0.717) is 0 Å². The molecule has 2 N–H and O–H groups in total. The second-order valence-electron chi connectivity index (χ2n) is 6.67. The lowest BCUT2D eigenvalue weighted by Gasteiger charge is -2.18. The van der Waals surface area contributed by atoms with Crippen molar-refractivity contribution in [1.29, 1.82) is 0 Å². The number of alkyl halides is 6. The molecule has 0 aliphatic rings. The van der Waals surface area contributed by atoms with E-state index < -0.39 is 33.2 Å². The van der Waals surface area contributed by atoms with Crippen molar-refractivity contribution in [3.8, 4) is 0 Å². The lowest BCUT2D eigenvalue weighted by molar-refractivity contribution is -0.693. The van der Waals surface area contributed by atoms with Crippen molar-refractivity contribution in [1.82, 2.24) is 9.13 Å². The van der Waals surface area contributed by atoms with E-state index in [4.69, 9.17) is 9.11 Å². The minimum atomic E-state index is -5.28. The summed E-state index contributed by atoms with van der Waals surface area (Å²) in [6, 6.07) is 0. The van der Waals surface area contributed by atoms with Gasteiger partial charge in [0.15, 0.2) is 20.6 Å². The quantitative estimate of drug-likeness (QED) is 0.246. The van der Waals surface area contributed by atoms with Gasteiger partial charge in [0, 0.05) is 13.8 Å². The van der Waals surface area contributed by atoms with Crippen LogP contribution in [-0.2, 0) is 47.8 Å². The molecule has 0 fully saturated rings. The Morgan fingerprint density at radius 3 is 1.06 bits per heavy atom. The molecule has 0 atom stereocenters. The number of aryl methyl sites for hydroxylation is 6. The lowest BCUT2D eigenvalue weighted by Crippen LogP contribution is -2.28. The van der Waals surface area contributed by atoms with Gasteiger partial charge in [0.05, 0.1) is 27.2 Å². The van der Waals surface area contributed by atoms with Gasteiger partial charge in [-0.15, -0.1) is 0 Å². The zero-order chi connectivity index (χ0) is 29.1. The lowest BCUT2D eigenvalue weighted by atomic mass is 10.5. The van der Waals surface area contributed by atoms with Crippen LogP contribution in [0.4, 0.5) is 26.3 Å². The highest BCUT2D eigenvalue weighted by Gasteiger charge is 2.18. The molecule has 0 spiro atoms. The molecule has 0 unspecified atom stereocenters. The molecule has 0 saturated heterocycles. The first-order chi connectivity index (χ1) is 15.9. The Balaban J connectivity index is 0. The first-order valence-corrected chi connectivity index (χ1v) is 12.3. The maximum atomic E-state index is 10.8. The molecular weight excluding hydrogens is 550 g/mol. The third kappa shape index (κ3) is 21.1. The van der Waals surface area contributed by atoms with Crippen molar-refractivity contribution in [2.24, 2.45) is 14.1 Å². The summed E-state index contributed by atoms with van der Waals surface area (Å²) in [6.07, 6.45) is -1.99. The molecule has 0 bridgehead atoms. The molecule has 0 amide bonds. The van der Waals surface area contributed by atoms with Crippen LogP contribution in [0.2, 0.25) is 0 Å². The first-order valence-electron chi connectivity index (χ1n) is 9.49. The number of nitrogens with zero attached hydrogens (tertiary/aromatic N) is 6. The van der Waals surface area contributed by atoms with Crippen LogP contribution >= 0.6 is 0 Å². The average molecular weight is 579 g/mol. The zero-order valence-electron chi connectivity index (χ0n) is 20.0. The normalized spacial score (nSPS) is 11.9. The molecule has 2 aromatic rings. The van der Waals surface area contributed by atoms with Gasteiger partial charge in [-0.25, -0.2) is 35.1 Å². The van der Waals surface area contributed by atoms with E-state index in [0.717, 1.165) is 22.5 Å². The van der Waals surface area contributed by atoms with Gasteiger partial charge in [-0.05, 0) is 13.8 Å². The fourth-order valence-electron chi connectivity index (χ4n) is 1.96. The molecule has 0 aliphatic heterocycles. The van der Waals surface area contributed by atoms with Crippen molar-refractivity contribution in [2.75, 3.05) is 0 Å². The highest BCUT2D eigenvalue weighted by Crippen LogP contribution is 2.25. The Labute approximate surface area is 204 Å². The van der Waals surface area contributed by atoms with Crippen molar-refractivity contribution in [2.45, 2.75) is 53.4 Å². The summed E-state index contributed by atoms with van der Waals surface area (Å²) in [6.45, 7) is 10.6. The second kappa shape index (κ2) is 14.5. The summed E-state index contributed by atoms with van der Waals surface area (Å²) >= 11 is 0. The molecule has 20 heteroatoms. The predicted molar refractivity (Wildman–Crippen MR) is 114 cm³/mol. The molecule has 0 aromatic carbocycles. The summed E-state index contributed by atoms with van der Waals surface area (Å²) in [4.78, 5) is 0. The smallest absolute Gasteiger partial charge is 0.324 e. The molecule has 212 valence electrons. The third-order valence-corrected chi connectivity index (χ3v) is 4.50. The van der Waals surface area contributed by atoms with Gasteiger partial charge >= 0.3 is 12.6 Å².